The summed E-state index contributed by atoms with van der Waals surface area (Å²) in [5.41, 5.74) is 5.29. The number of piperazine rings is 1. The molecule has 1 aromatic carbocycles. The average molecular weight is 254 g/mol. The molecule has 0 bridgehead atoms. The predicted molar refractivity (Wildman–Crippen MR) is 78.4 cm³/mol. The molecule has 19 heavy (non-hydrogen) atoms. The number of nitrogens with one attached hydrogen (secondary N) is 3. The molecule has 0 radical (unpaired) electrons. The highest BCUT2D eigenvalue weighted by Crippen LogP contribution is 2.34. The van der Waals surface area contributed by atoms with Gasteiger partial charge in [-0.15, -0.1) is 0 Å². The van der Waals surface area contributed by atoms with E-state index in [0.29, 0.717) is 0 Å². The zero-order chi connectivity index (χ0) is 12.7. The second-order valence-electron chi connectivity index (χ2n) is 5.26. The maximum atomic E-state index is 3.50. The first-order valence-corrected chi connectivity index (χ1v) is 6.92. The van der Waals surface area contributed by atoms with Crippen molar-refractivity contribution in [1.29, 1.82) is 0 Å². The summed E-state index contributed by atoms with van der Waals surface area (Å²) >= 11 is 0. The molecule has 3 heterocycles. The van der Waals surface area contributed by atoms with Crippen LogP contribution >= 0.6 is 0 Å². The van der Waals surface area contributed by atoms with Crippen molar-refractivity contribution < 1.29 is 0 Å². The van der Waals surface area contributed by atoms with Crippen LogP contribution in [0.5, 0.6) is 0 Å². The van der Waals surface area contributed by atoms with E-state index in [1.165, 1.54) is 22.5 Å². The van der Waals surface area contributed by atoms with Crippen LogP contribution in [0.15, 0.2) is 30.5 Å². The second-order valence-corrected chi connectivity index (χ2v) is 5.26. The molecule has 0 spiro atoms. The minimum atomic E-state index is 1.02. The number of aromatic amines is 1. The Kier molecular flexibility index (Phi) is 2.48. The van der Waals surface area contributed by atoms with Crippen molar-refractivity contribution in [3.8, 4) is 0 Å². The van der Waals surface area contributed by atoms with Crippen LogP contribution in [0.25, 0.3) is 0 Å². The first-order chi connectivity index (χ1) is 9.40. The molecule has 0 unspecified atom stereocenters. The summed E-state index contributed by atoms with van der Waals surface area (Å²) in [6.07, 6.45) is 3.02. The van der Waals surface area contributed by atoms with Gasteiger partial charge in [0.05, 0.1) is 0 Å². The van der Waals surface area contributed by atoms with Gasteiger partial charge in [-0.2, -0.15) is 0 Å². The molecule has 3 N–H and O–H groups in total. The molecule has 2 aliphatic rings. The van der Waals surface area contributed by atoms with Crippen LogP contribution in [0, 0.1) is 0 Å². The largest absolute Gasteiger partial charge is 0.369 e. The Labute approximate surface area is 112 Å². The van der Waals surface area contributed by atoms with Crippen LogP contribution in [-0.2, 0) is 6.42 Å². The lowest BCUT2D eigenvalue weighted by Gasteiger charge is -2.30. The number of benzene rings is 1. The van der Waals surface area contributed by atoms with Crippen molar-refractivity contribution in [3.05, 3.63) is 41.6 Å². The Morgan fingerprint density at radius 3 is 2.79 bits per heavy atom. The summed E-state index contributed by atoms with van der Waals surface area (Å²) in [5.74, 6) is 1.14. The monoisotopic (exact) mass is 254 g/mol. The van der Waals surface area contributed by atoms with Crippen LogP contribution in [-0.4, -0.2) is 31.2 Å². The zero-order valence-corrected chi connectivity index (χ0v) is 10.9. The number of hydrogen-bond donors (Lipinski definition) is 3. The fraction of sp³-hybridized carbons (Fsp3) is 0.333. The van der Waals surface area contributed by atoms with E-state index in [4.69, 9.17) is 0 Å². The molecular weight excluding hydrogens is 236 g/mol. The fourth-order valence-corrected chi connectivity index (χ4v) is 2.96. The van der Waals surface area contributed by atoms with E-state index in [1.54, 1.807) is 0 Å². The lowest BCUT2D eigenvalue weighted by atomic mass is 10.0. The number of H-pyrrole nitrogens is 1. The molecule has 0 saturated carbocycles. The Morgan fingerprint density at radius 1 is 1.00 bits per heavy atom. The lowest BCUT2D eigenvalue weighted by Crippen LogP contribution is -2.43. The summed E-state index contributed by atoms with van der Waals surface area (Å²) in [5, 5.41) is 6.90. The number of rotatable bonds is 1. The molecule has 1 aromatic heterocycles. The van der Waals surface area contributed by atoms with Crippen molar-refractivity contribution in [2.45, 2.75) is 6.42 Å². The summed E-state index contributed by atoms with van der Waals surface area (Å²) < 4.78 is 0. The Balaban J connectivity index is 1.65. The minimum Gasteiger partial charge on any atom is -0.369 e. The summed E-state index contributed by atoms with van der Waals surface area (Å²) in [6.45, 7) is 4.33. The molecule has 4 rings (SSSR count). The highest BCUT2D eigenvalue weighted by atomic mass is 15.2. The van der Waals surface area contributed by atoms with Gasteiger partial charge in [0.2, 0.25) is 0 Å². The van der Waals surface area contributed by atoms with Gasteiger partial charge in [-0.25, -0.2) is 0 Å². The van der Waals surface area contributed by atoms with Gasteiger partial charge < -0.3 is 20.5 Å². The number of fused-ring (bicyclic) bond motifs is 2. The lowest BCUT2D eigenvalue weighted by molar-refractivity contribution is 0.589. The van der Waals surface area contributed by atoms with Gasteiger partial charge in [-0.05, 0) is 29.3 Å². The summed E-state index contributed by atoms with van der Waals surface area (Å²) in [6, 6.07) is 8.94. The van der Waals surface area contributed by atoms with E-state index in [9.17, 15) is 0 Å². The van der Waals surface area contributed by atoms with Gasteiger partial charge in [-0.1, -0.05) is 6.07 Å². The summed E-state index contributed by atoms with van der Waals surface area (Å²) in [4.78, 5) is 5.71. The van der Waals surface area contributed by atoms with E-state index >= 15 is 0 Å². The smallest absolute Gasteiger partial charge is 0.111 e. The maximum Gasteiger partial charge on any atom is 0.111 e. The average Bonchev–Trinajstić information content (AvgIpc) is 2.92. The van der Waals surface area contributed by atoms with Crippen LogP contribution in [0.2, 0.25) is 0 Å². The molecule has 4 heteroatoms. The van der Waals surface area contributed by atoms with Crippen molar-refractivity contribution in [3.63, 3.8) is 0 Å². The van der Waals surface area contributed by atoms with Crippen molar-refractivity contribution in [2.24, 2.45) is 0 Å². The SMILES string of the molecule is c1cc2c([nH]1)Nc1cc(N3CCNCC3)ccc1C2. The minimum absolute atomic E-state index is 1.02. The van der Waals surface area contributed by atoms with Crippen molar-refractivity contribution in [2.75, 3.05) is 36.4 Å². The third kappa shape index (κ3) is 1.88. The number of nitrogens with zero attached hydrogens (tertiary/aromatic N) is 1. The van der Waals surface area contributed by atoms with Crippen LogP contribution in [0.3, 0.4) is 0 Å². The van der Waals surface area contributed by atoms with Crippen molar-refractivity contribution >= 4 is 17.2 Å². The first kappa shape index (κ1) is 10.9. The van der Waals surface area contributed by atoms with E-state index in [1.807, 2.05) is 6.20 Å². The molecule has 1 fully saturated rings. The molecule has 0 atom stereocenters. The van der Waals surface area contributed by atoms with Crippen LogP contribution < -0.4 is 15.5 Å². The van der Waals surface area contributed by atoms with Crippen LogP contribution in [0.1, 0.15) is 11.1 Å². The molecule has 1 saturated heterocycles. The van der Waals surface area contributed by atoms with Gasteiger partial charge in [-0.3, -0.25) is 0 Å². The highest BCUT2D eigenvalue weighted by molar-refractivity contribution is 5.73. The maximum absolute atomic E-state index is 3.50. The quantitative estimate of drug-likeness (QED) is 0.623. The van der Waals surface area contributed by atoms with E-state index in [0.717, 1.165) is 38.4 Å². The normalized spacial score (nSPS) is 17.6. The van der Waals surface area contributed by atoms with Gasteiger partial charge in [0.1, 0.15) is 5.82 Å². The Hall–Kier alpha value is -1.94. The third-order valence-electron chi connectivity index (χ3n) is 4.05. The summed E-state index contributed by atoms with van der Waals surface area (Å²) in [7, 11) is 0. The molecule has 2 aromatic rings. The third-order valence-corrected chi connectivity index (χ3v) is 4.05. The highest BCUT2D eigenvalue weighted by Gasteiger charge is 2.17. The molecule has 2 aliphatic heterocycles. The van der Waals surface area contributed by atoms with Gasteiger partial charge >= 0.3 is 0 Å². The van der Waals surface area contributed by atoms with Gasteiger partial charge in [0, 0.05) is 50.2 Å². The number of aromatic nitrogens is 1. The van der Waals surface area contributed by atoms with Crippen molar-refractivity contribution in [1.82, 2.24) is 10.3 Å². The predicted octanol–water partition coefficient (Wildman–Crippen LogP) is 2.07. The Bertz CT molecular complexity index is 596. The molecule has 0 amide bonds. The first-order valence-electron chi connectivity index (χ1n) is 6.92. The van der Waals surface area contributed by atoms with E-state index in [-0.39, 0.29) is 0 Å². The number of hydrogen-bond acceptors (Lipinski definition) is 3. The molecule has 98 valence electrons. The van der Waals surface area contributed by atoms with E-state index in [2.05, 4.69) is 44.8 Å². The second kappa shape index (κ2) is 4.31. The molecule has 4 nitrogen and oxygen atoms in total. The van der Waals surface area contributed by atoms with Gasteiger partial charge in [0.15, 0.2) is 0 Å². The standard InChI is InChI=1S/C15H18N4/c1-2-13(19-7-5-16-6-8-19)10-14-11(1)9-12-3-4-17-15(12)18-14/h1-4,10,16-18H,5-9H2. The zero-order valence-electron chi connectivity index (χ0n) is 10.9. The fourth-order valence-electron chi connectivity index (χ4n) is 2.96. The topological polar surface area (TPSA) is 43.1 Å². The molecular formula is C15H18N4. The van der Waals surface area contributed by atoms with E-state index < -0.39 is 0 Å². The van der Waals surface area contributed by atoms with Gasteiger partial charge in [0.25, 0.3) is 0 Å². The molecule has 0 aliphatic carbocycles. The van der Waals surface area contributed by atoms with Crippen LogP contribution in [0.4, 0.5) is 17.2 Å². The Morgan fingerprint density at radius 2 is 1.89 bits per heavy atom. The number of anilines is 3.